The van der Waals surface area contributed by atoms with Crippen molar-refractivity contribution in [2.75, 3.05) is 0 Å². The predicted octanol–water partition coefficient (Wildman–Crippen LogP) is 5.00. The fraction of sp³-hybridized carbons (Fsp3) is 0.174. The highest BCUT2D eigenvalue weighted by atomic mass is 16.6. The van der Waals surface area contributed by atoms with Crippen LogP contribution in [-0.4, -0.2) is 21.2 Å². The van der Waals surface area contributed by atoms with Crippen LogP contribution >= 0.6 is 0 Å². The number of fused-ring (bicyclic) bond motifs is 2. The first-order valence-electron chi connectivity index (χ1n) is 9.06. The number of ether oxygens (including phenoxy) is 1. The second kappa shape index (κ2) is 6.60. The molecule has 0 atom stereocenters. The molecule has 0 saturated heterocycles. The van der Waals surface area contributed by atoms with E-state index in [1.165, 1.54) is 6.07 Å². The van der Waals surface area contributed by atoms with Crippen molar-refractivity contribution in [2.45, 2.75) is 26.4 Å². The Hall–Kier alpha value is -3.47. The Morgan fingerprint density at radius 3 is 2.46 bits per heavy atom. The number of hydrogen-bond donors (Lipinski definition) is 0. The lowest BCUT2D eigenvalue weighted by molar-refractivity contribution is 0.0538. The largest absolute Gasteiger partial charge is 0.443 e. The molecule has 0 N–H and O–H groups in total. The Labute approximate surface area is 162 Å². The first kappa shape index (κ1) is 17.9. The van der Waals surface area contributed by atoms with Crippen LogP contribution in [0.25, 0.3) is 32.9 Å². The summed E-state index contributed by atoms with van der Waals surface area (Å²) in [5.41, 5.74) is 2.08. The van der Waals surface area contributed by atoms with Gasteiger partial charge in [0, 0.05) is 23.2 Å². The molecule has 0 aliphatic rings. The molecule has 5 nitrogen and oxygen atoms in total. The van der Waals surface area contributed by atoms with Gasteiger partial charge >= 0.3 is 6.09 Å². The Balaban J connectivity index is 1.88. The van der Waals surface area contributed by atoms with E-state index in [0.717, 1.165) is 32.0 Å². The third-order valence-electron chi connectivity index (χ3n) is 4.40. The molecule has 0 radical (unpaired) electrons. The topological polar surface area (TPSA) is 61.2 Å². The molecule has 0 aliphatic carbocycles. The summed E-state index contributed by atoms with van der Waals surface area (Å²) in [5, 5.41) is 1.81. The number of carbonyl (C=O) groups is 1. The monoisotopic (exact) mass is 372 g/mol. The second-order valence-electron chi connectivity index (χ2n) is 7.68. The van der Waals surface area contributed by atoms with Gasteiger partial charge in [0.1, 0.15) is 5.60 Å². The minimum Gasteiger partial charge on any atom is -0.443 e. The van der Waals surface area contributed by atoms with E-state index in [-0.39, 0.29) is 0 Å². The van der Waals surface area contributed by atoms with Crippen LogP contribution in [0.4, 0.5) is 4.79 Å². The molecule has 2 aromatic heterocycles. The molecular formula is C23H20N2O3. The lowest BCUT2D eigenvalue weighted by Gasteiger charge is -2.20. The van der Waals surface area contributed by atoms with Crippen LogP contribution in [0.1, 0.15) is 20.8 Å². The number of nitrogens with zero attached hydrogens (tertiary/aromatic N) is 2. The molecule has 0 bridgehead atoms. The summed E-state index contributed by atoms with van der Waals surface area (Å²) in [6.45, 7) is 5.31. The van der Waals surface area contributed by atoms with Crippen LogP contribution in [-0.2, 0) is 4.74 Å². The van der Waals surface area contributed by atoms with E-state index in [0.29, 0.717) is 5.52 Å². The third kappa shape index (κ3) is 3.39. The van der Waals surface area contributed by atoms with E-state index in [1.807, 2.05) is 48.5 Å². The summed E-state index contributed by atoms with van der Waals surface area (Å²) >= 11 is 0. The molecule has 0 spiro atoms. The second-order valence-corrected chi connectivity index (χ2v) is 7.68. The van der Waals surface area contributed by atoms with E-state index in [4.69, 9.17) is 4.74 Å². The summed E-state index contributed by atoms with van der Waals surface area (Å²) in [7, 11) is 0. The number of rotatable bonds is 1. The van der Waals surface area contributed by atoms with E-state index in [2.05, 4.69) is 4.98 Å². The van der Waals surface area contributed by atoms with Gasteiger partial charge in [-0.2, -0.15) is 0 Å². The average molecular weight is 372 g/mol. The summed E-state index contributed by atoms with van der Waals surface area (Å²) in [4.78, 5) is 29.6. The van der Waals surface area contributed by atoms with E-state index >= 15 is 0 Å². The zero-order valence-electron chi connectivity index (χ0n) is 16.0. The van der Waals surface area contributed by atoms with Gasteiger partial charge in [-0.15, -0.1) is 0 Å². The molecular weight excluding hydrogens is 352 g/mol. The van der Waals surface area contributed by atoms with Gasteiger partial charge in [0.25, 0.3) is 5.56 Å². The Morgan fingerprint density at radius 1 is 0.929 bits per heavy atom. The lowest BCUT2D eigenvalue weighted by Crippen LogP contribution is -2.33. The molecule has 0 fully saturated rings. The standard InChI is InChI=1S/C23H20N2O3/c1-23(2,3)28-22(27)25-20-13-16(9-8-15(20)10-11-21(25)26)18-12-17-6-4-5-7-19(17)24-14-18/h4-14H,1-3H3. The normalized spacial score (nSPS) is 11.7. The average Bonchev–Trinajstić information content (AvgIpc) is 2.65. The zero-order valence-corrected chi connectivity index (χ0v) is 16.0. The molecule has 0 saturated carbocycles. The van der Waals surface area contributed by atoms with Gasteiger partial charge in [-0.3, -0.25) is 9.78 Å². The molecule has 28 heavy (non-hydrogen) atoms. The summed E-state index contributed by atoms with van der Waals surface area (Å²) in [6.07, 6.45) is 1.11. The quantitative estimate of drug-likeness (QED) is 0.472. The van der Waals surface area contributed by atoms with E-state index in [9.17, 15) is 9.59 Å². The number of benzene rings is 2. The van der Waals surface area contributed by atoms with Crippen LogP contribution in [0.3, 0.4) is 0 Å². The van der Waals surface area contributed by atoms with Crippen molar-refractivity contribution in [3.8, 4) is 11.1 Å². The molecule has 140 valence electrons. The Kier molecular flexibility index (Phi) is 4.23. The van der Waals surface area contributed by atoms with Crippen molar-refractivity contribution in [3.05, 3.63) is 77.2 Å². The fourth-order valence-corrected chi connectivity index (χ4v) is 3.14. The first-order valence-corrected chi connectivity index (χ1v) is 9.06. The van der Waals surface area contributed by atoms with Crippen molar-refractivity contribution in [2.24, 2.45) is 0 Å². The number of aromatic nitrogens is 2. The third-order valence-corrected chi connectivity index (χ3v) is 4.40. The summed E-state index contributed by atoms with van der Waals surface area (Å²) < 4.78 is 6.51. The maximum absolute atomic E-state index is 12.6. The van der Waals surface area contributed by atoms with Gasteiger partial charge in [-0.05, 0) is 56.0 Å². The van der Waals surface area contributed by atoms with Crippen LogP contribution in [0.5, 0.6) is 0 Å². The van der Waals surface area contributed by atoms with Crippen molar-refractivity contribution in [1.29, 1.82) is 0 Å². The molecule has 0 amide bonds. The SMILES string of the molecule is CC(C)(C)OC(=O)n1c(=O)ccc2ccc(-c3cnc4ccccc4c3)cc21. The minimum absolute atomic E-state index is 0.421. The smallest absolute Gasteiger partial charge is 0.422 e. The number of carbonyl (C=O) groups excluding carboxylic acids is 1. The highest BCUT2D eigenvalue weighted by Crippen LogP contribution is 2.26. The van der Waals surface area contributed by atoms with Gasteiger partial charge in [0.05, 0.1) is 11.0 Å². The number of hydrogen-bond acceptors (Lipinski definition) is 4. The molecule has 2 aromatic carbocycles. The van der Waals surface area contributed by atoms with Crippen LogP contribution < -0.4 is 5.56 Å². The summed E-state index contributed by atoms with van der Waals surface area (Å²) in [6, 6.07) is 18.7. The van der Waals surface area contributed by atoms with Gasteiger partial charge < -0.3 is 4.74 Å². The van der Waals surface area contributed by atoms with Crippen molar-refractivity contribution >= 4 is 27.9 Å². The van der Waals surface area contributed by atoms with E-state index in [1.54, 1.807) is 33.0 Å². The van der Waals surface area contributed by atoms with Gasteiger partial charge in [-0.25, -0.2) is 9.36 Å². The van der Waals surface area contributed by atoms with Gasteiger partial charge in [0.15, 0.2) is 0 Å². The van der Waals surface area contributed by atoms with Crippen LogP contribution in [0, 0.1) is 0 Å². The fourth-order valence-electron chi connectivity index (χ4n) is 3.14. The van der Waals surface area contributed by atoms with Crippen LogP contribution in [0.15, 0.2) is 71.7 Å². The molecule has 2 heterocycles. The van der Waals surface area contributed by atoms with E-state index < -0.39 is 17.3 Å². The number of pyridine rings is 2. The van der Waals surface area contributed by atoms with Crippen molar-refractivity contribution in [1.82, 2.24) is 9.55 Å². The molecule has 4 rings (SSSR count). The Bertz CT molecular complexity index is 1270. The maximum Gasteiger partial charge on any atom is 0.422 e. The molecule has 5 heteroatoms. The summed E-state index contributed by atoms with van der Waals surface area (Å²) in [5.74, 6) is 0. The minimum atomic E-state index is -0.696. The van der Waals surface area contributed by atoms with Crippen molar-refractivity contribution < 1.29 is 9.53 Å². The highest BCUT2D eigenvalue weighted by molar-refractivity contribution is 5.92. The van der Waals surface area contributed by atoms with Gasteiger partial charge in [-0.1, -0.05) is 30.3 Å². The highest BCUT2D eigenvalue weighted by Gasteiger charge is 2.20. The van der Waals surface area contributed by atoms with Crippen molar-refractivity contribution in [3.63, 3.8) is 0 Å². The lowest BCUT2D eigenvalue weighted by atomic mass is 10.0. The molecule has 0 unspecified atom stereocenters. The molecule has 0 aliphatic heterocycles. The number of para-hydroxylation sites is 1. The zero-order chi connectivity index (χ0) is 19.9. The maximum atomic E-state index is 12.6. The van der Waals surface area contributed by atoms with Crippen LogP contribution in [0.2, 0.25) is 0 Å². The predicted molar refractivity (Wildman–Crippen MR) is 111 cm³/mol. The Morgan fingerprint density at radius 2 is 1.68 bits per heavy atom. The van der Waals surface area contributed by atoms with Gasteiger partial charge in [0.2, 0.25) is 0 Å². The first-order chi connectivity index (χ1) is 13.3. The molecule has 4 aromatic rings.